The van der Waals surface area contributed by atoms with Gasteiger partial charge in [0, 0.05) is 4.11 Å². The summed E-state index contributed by atoms with van der Waals surface area (Å²) in [5.74, 6) is -5.08. The highest BCUT2D eigenvalue weighted by Crippen LogP contribution is 2.38. The van der Waals surface area contributed by atoms with Crippen LogP contribution in [-0.4, -0.2) is 0 Å². The maximum atomic E-state index is 13.6. The Morgan fingerprint density at radius 2 is 1.75 bits per heavy atom. The van der Waals surface area contributed by atoms with Crippen LogP contribution in [0.4, 0.5) is 13.2 Å². The molecule has 0 radical (unpaired) electrons. The average Bonchev–Trinajstić information content (AvgIpc) is 2.58. The topological polar surface area (TPSA) is 0 Å². The van der Waals surface area contributed by atoms with Crippen molar-refractivity contribution in [3.8, 4) is 11.1 Å². The third kappa shape index (κ3) is 3.66. The number of halogens is 3. The van der Waals surface area contributed by atoms with Crippen LogP contribution < -0.4 is 0 Å². The monoisotopic (exact) mass is 337 g/mol. The lowest BCUT2D eigenvalue weighted by atomic mass is 9.77. The van der Waals surface area contributed by atoms with E-state index in [1.165, 1.54) is 12.1 Å². The molecule has 2 aromatic rings. The standard InChI is InChI=1S/C21H23F3/c1-2-3-14-4-6-15(7-5-14)16-8-10-17(11-9-16)18-12-19(22)21(24)20(23)13-18/h8-15H,2-7H2,1H3/t14-,15-/i6D,7D2,10D,11D/t6?,14-,15-/m0/s1. The van der Waals surface area contributed by atoms with Gasteiger partial charge in [-0.3, -0.25) is 0 Å². The van der Waals surface area contributed by atoms with Gasteiger partial charge >= 0.3 is 0 Å². The summed E-state index contributed by atoms with van der Waals surface area (Å²) < 4.78 is 82.4. The van der Waals surface area contributed by atoms with Gasteiger partial charge in [-0.25, -0.2) is 13.2 Å². The van der Waals surface area contributed by atoms with Crippen LogP contribution in [0, 0.1) is 23.4 Å². The fraction of sp³-hybridized carbons (Fsp3) is 0.429. The molecule has 0 amide bonds. The molecule has 0 spiro atoms. The van der Waals surface area contributed by atoms with Gasteiger partial charge in [0.05, 0.1) is 2.74 Å². The number of rotatable bonds is 4. The van der Waals surface area contributed by atoms with Gasteiger partial charge in [-0.05, 0) is 66.3 Å². The molecule has 3 atom stereocenters. The molecule has 1 aliphatic rings. The van der Waals surface area contributed by atoms with E-state index in [-0.39, 0.29) is 29.1 Å². The van der Waals surface area contributed by atoms with E-state index in [1.807, 2.05) is 6.92 Å². The fourth-order valence-electron chi connectivity index (χ4n) is 3.11. The molecule has 0 heterocycles. The van der Waals surface area contributed by atoms with E-state index in [4.69, 9.17) is 6.85 Å². The summed E-state index contributed by atoms with van der Waals surface area (Å²) >= 11 is 0. The molecule has 0 N–H and O–H groups in total. The number of benzene rings is 2. The Kier molecular flexibility index (Phi) is 3.62. The maximum Gasteiger partial charge on any atom is 0.194 e. The van der Waals surface area contributed by atoms with Crippen LogP contribution >= 0.6 is 0 Å². The van der Waals surface area contributed by atoms with Crippen molar-refractivity contribution in [2.24, 2.45) is 5.92 Å². The summed E-state index contributed by atoms with van der Waals surface area (Å²) in [6, 6.07) is 3.78. The van der Waals surface area contributed by atoms with Gasteiger partial charge in [0.15, 0.2) is 17.5 Å². The van der Waals surface area contributed by atoms with Crippen LogP contribution in [0.5, 0.6) is 0 Å². The third-order valence-electron chi connectivity index (χ3n) is 4.43. The largest absolute Gasteiger partial charge is 0.204 e. The van der Waals surface area contributed by atoms with E-state index in [1.54, 1.807) is 0 Å². The van der Waals surface area contributed by atoms with Gasteiger partial charge in [0.1, 0.15) is 0 Å². The summed E-state index contributed by atoms with van der Waals surface area (Å²) in [5.41, 5.74) is 0.181. The normalized spacial score (nSPS) is 29.2. The lowest BCUT2D eigenvalue weighted by Crippen LogP contribution is -2.13. The molecular formula is C21H23F3. The Morgan fingerprint density at radius 3 is 2.33 bits per heavy atom. The van der Waals surface area contributed by atoms with Crippen molar-refractivity contribution in [1.29, 1.82) is 0 Å². The van der Waals surface area contributed by atoms with E-state index in [0.29, 0.717) is 18.4 Å². The minimum atomic E-state index is -1.65. The van der Waals surface area contributed by atoms with Gasteiger partial charge in [0.25, 0.3) is 0 Å². The molecule has 3 rings (SSSR count). The van der Waals surface area contributed by atoms with Crippen molar-refractivity contribution >= 4 is 0 Å². The first-order valence-corrected chi connectivity index (χ1v) is 8.23. The molecule has 0 aliphatic heterocycles. The van der Waals surface area contributed by atoms with Crippen LogP contribution in [-0.2, 0) is 0 Å². The quantitative estimate of drug-likeness (QED) is 0.535. The zero-order valence-corrected chi connectivity index (χ0v) is 13.5. The first-order valence-electron chi connectivity index (χ1n) is 10.8. The molecule has 1 aliphatic carbocycles. The van der Waals surface area contributed by atoms with Crippen LogP contribution in [0.1, 0.15) is 63.7 Å². The van der Waals surface area contributed by atoms with Crippen molar-refractivity contribution in [2.75, 3.05) is 0 Å². The lowest BCUT2D eigenvalue weighted by molar-refractivity contribution is 0.308. The predicted octanol–water partition coefficient (Wildman–Crippen LogP) is 6.84. The van der Waals surface area contributed by atoms with E-state index in [0.717, 1.165) is 25.0 Å². The number of hydrogen-bond donors (Lipinski definition) is 0. The molecule has 0 nitrogen and oxygen atoms in total. The van der Waals surface area contributed by atoms with E-state index in [2.05, 4.69) is 0 Å². The zero-order chi connectivity index (χ0) is 21.5. The first-order chi connectivity index (χ1) is 13.5. The second kappa shape index (κ2) is 7.42. The van der Waals surface area contributed by atoms with E-state index >= 15 is 0 Å². The summed E-state index contributed by atoms with van der Waals surface area (Å²) in [4.78, 5) is 0. The molecule has 24 heavy (non-hydrogen) atoms. The van der Waals surface area contributed by atoms with E-state index in [9.17, 15) is 13.2 Å². The van der Waals surface area contributed by atoms with Crippen molar-refractivity contribution in [1.82, 2.24) is 0 Å². The molecule has 3 heteroatoms. The van der Waals surface area contributed by atoms with Crippen molar-refractivity contribution in [3.63, 3.8) is 0 Å². The second-order valence-electron chi connectivity index (χ2n) is 6.22. The highest BCUT2D eigenvalue weighted by molar-refractivity contribution is 5.64. The average molecular weight is 337 g/mol. The predicted molar refractivity (Wildman–Crippen MR) is 91.4 cm³/mol. The fourth-order valence-corrected chi connectivity index (χ4v) is 3.11. The van der Waals surface area contributed by atoms with Gasteiger partial charge in [-0.2, -0.15) is 0 Å². The Morgan fingerprint density at radius 1 is 1.08 bits per heavy atom. The highest BCUT2D eigenvalue weighted by Gasteiger charge is 2.21. The molecular weight excluding hydrogens is 309 g/mol. The van der Waals surface area contributed by atoms with Crippen LogP contribution in [0.3, 0.4) is 0 Å². The molecule has 2 aromatic carbocycles. The van der Waals surface area contributed by atoms with Crippen LogP contribution in [0.25, 0.3) is 11.1 Å². The van der Waals surface area contributed by atoms with Crippen molar-refractivity contribution in [3.05, 3.63) is 59.4 Å². The molecule has 0 bridgehead atoms. The van der Waals surface area contributed by atoms with Crippen LogP contribution in [0.2, 0.25) is 0 Å². The molecule has 1 saturated carbocycles. The first kappa shape index (κ1) is 11.7. The number of hydrogen-bond acceptors (Lipinski definition) is 0. The van der Waals surface area contributed by atoms with Gasteiger partial charge < -0.3 is 0 Å². The smallest absolute Gasteiger partial charge is 0.194 e. The van der Waals surface area contributed by atoms with Crippen molar-refractivity contribution < 1.29 is 20.0 Å². The van der Waals surface area contributed by atoms with Crippen LogP contribution in [0.15, 0.2) is 36.4 Å². The molecule has 0 aromatic heterocycles. The van der Waals surface area contributed by atoms with E-state index < -0.39 is 36.1 Å². The molecule has 1 fully saturated rings. The zero-order valence-electron chi connectivity index (χ0n) is 18.5. The van der Waals surface area contributed by atoms with Gasteiger partial charge in [-0.1, -0.05) is 44.0 Å². The summed E-state index contributed by atoms with van der Waals surface area (Å²) in [6.45, 7) is 2.03. The molecule has 0 saturated heterocycles. The summed E-state index contributed by atoms with van der Waals surface area (Å²) in [7, 11) is 0. The van der Waals surface area contributed by atoms with Crippen molar-refractivity contribution in [2.45, 2.75) is 51.3 Å². The Labute approximate surface area is 148 Å². The Balaban J connectivity index is 2.02. The summed E-state index contributed by atoms with van der Waals surface area (Å²) in [6.07, 6.45) is 0.285. The third-order valence-corrected chi connectivity index (χ3v) is 4.43. The Hall–Kier alpha value is -1.77. The second-order valence-corrected chi connectivity index (χ2v) is 6.22. The molecule has 128 valence electrons. The lowest BCUT2D eigenvalue weighted by Gasteiger charge is -2.28. The molecule has 1 unspecified atom stereocenters. The summed E-state index contributed by atoms with van der Waals surface area (Å²) in [5, 5.41) is 0. The van der Waals surface area contributed by atoms with Gasteiger partial charge in [0.2, 0.25) is 0 Å². The maximum absolute atomic E-state index is 13.6. The highest BCUT2D eigenvalue weighted by atomic mass is 19.2. The minimum absolute atomic E-state index is 0.0617. The minimum Gasteiger partial charge on any atom is -0.204 e. The van der Waals surface area contributed by atoms with Gasteiger partial charge in [-0.15, -0.1) is 0 Å². The Bertz CT molecular complexity index is 869. The SMILES string of the molecule is [2H]c1cc([C@H]2C([2H])C[C@H](CCC)CC2([2H])[2H])cc([2H])c1-c1cc(F)c(F)c(F)c1.